The third kappa shape index (κ3) is 3.08. The van der Waals surface area contributed by atoms with Gasteiger partial charge in [-0.15, -0.1) is 0 Å². The molecule has 1 aliphatic rings. The minimum Gasteiger partial charge on any atom is -0.480 e. The highest BCUT2D eigenvalue weighted by Gasteiger charge is 2.23. The van der Waals surface area contributed by atoms with Crippen LogP contribution in [-0.4, -0.2) is 63.4 Å². The van der Waals surface area contributed by atoms with Crippen molar-refractivity contribution in [1.82, 2.24) is 19.6 Å². The van der Waals surface area contributed by atoms with Crippen LogP contribution >= 0.6 is 0 Å². The van der Waals surface area contributed by atoms with Crippen LogP contribution in [0, 0.1) is 0 Å². The first kappa shape index (κ1) is 13.0. The van der Waals surface area contributed by atoms with Gasteiger partial charge in [-0.3, -0.25) is 19.3 Å². The molecule has 1 aromatic rings. The van der Waals surface area contributed by atoms with Gasteiger partial charge in [-0.1, -0.05) is 0 Å². The van der Waals surface area contributed by atoms with Gasteiger partial charge in [0.2, 0.25) is 0 Å². The molecule has 1 aromatic heterocycles. The fourth-order valence-electron chi connectivity index (χ4n) is 2.37. The Balaban J connectivity index is 1.87. The molecule has 18 heavy (non-hydrogen) atoms. The van der Waals surface area contributed by atoms with E-state index in [-0.39, 0.29) is 6.54 Å². The van der Waals surface area contributed by atoms with E-state index in [1.807, 2.05) is 29.0 Å². The second-order valence-electron chi connectivity index (χ2n) is 4.83. The molecule has 0 aliphatic carbocycles. The van der Waals surface area contributed by atoms with Crippen molar-refractivity contribution in [2.75, 3.05) is 32.7 Å². The molecule has 0 spiro atoms. The zero-order chi connectivity index (χ0) is 13.1. The van der Waals surface area contributed by atoms with Crippen molar-refractivity contribution in [2.45, 2.75) is 13.0 Å². The van der Waals surface area contributed by atoms with Gasteiger partial charge in [-0.05, 0) is 6.92 Å². The van der Waals surface area contributed by atoms with Crippen LogP contribution in [0.5, 0.6) is 0 Å². The lowest BCUT2D eigenvalue weighted by Crippen LogP contribution is -2.48. The highest BCUT2D eigenvalue weighted by Crippen LogP contribution is 2.20. The van der Waals surface area contributed by atoms with Crippen LogP contribution in [0.1, 0.15) is 18.5 Å². The van der Waals surface area contributed by atoms with E-state index >= 15 is 0 Å². The zero-order valence-corrected chi connectivity index (χ0v) is 10.9. The van der Waals surface area contributed by atoms with Gasteiger partial charge >= 0.3 is 5.97 Å². The van der Waals surface area contributed by atoms with Crippen molar-refractivity contribution < 1.29 is 9.90 Å². The maximum atomic E-state index is 10.6. The molecule has 0 aromatic carbocycles. The summed E-state index contributed by atoms with van der Waals surface area (Å²) < 4.78 is 1.81. The Hall–Kier alpha value is -1.40. The Kier molecular flexibility index (Phi) is 3.98. The summed E-state index contributed by atoms with van der Waals surface area (Å²) in [4.78, 5) is 15.0. The first-order valence-electron chi connectivity index (χ1n) is 6.23. The number of carboxylic acid groups (broad SMARTS) is 1. The highest BCUT2D eigenvalue weighted by molar-refractivity contribution is 5.69. The maximum Gasteiger partial charge on any atom is 0.317 e. The smallest absolute Gasteiger partial charge is 0.317 e. The number of aromatic nitrogens is 2. The standard InChI is InChI=1S/C12H20N4O2/c1-10(11-7-13-14(2)8-11)16-5-3-15(4-6-16)9-12(17)18/h7-8,10H,3-6,9H2,1-2H3,(H,17,18). The fourth-order valence-corrected chi connectivity index (χ4v) is 2.37. The number of nitrogens with zero attached hydrogens (tertiary/aromatic N) is 4. The van der Waals surface area contributed by atoms with Crippen molar-refractivity contribution in [3.63, 3.8) is 0 Å². The van der Waals surface area contributed by atoms with E-state index < -0.39 is 5.97 Å². The topological polar surface area (TPSA) is 61.6 Å². The number of carboxylic acids is 1. The molecule has 0 saturated carbocycles. The molecule has 1 atom stereocenters. The van der Waals surface area contributed by atoms with Gasteiger partial charge in [0.1, 0.15) is 0 Å². The van der Waals surface area contributed by atoms with Crippen molar-refractivity contribution in [2.24, 2.45) is 7.05 Å². The largest absolute Gasteiger partial charge is 0.480 e. The van der Waals surface area contributed by atoms with Crippen LogP contribution in [0.3, 0.4) is 0 Å². The lowest BCUT2D eigenvalue weighted by molar-refractivity contribution is -0.138. The van der Waals surface area contributed by atoms with E-state index in [2.05, 4.69) is 16.9 Å². The molecule has 1 aliphatic heterocycles. The molecule has 0 bridgehead atoms. The second kappa shape index (κ2) is 5.49. The third-order valence-electron chi connectivity index (χ3n) is 3.52. The van der Waals surface area contributed by atoms with Crippen molar-refractivity contribution in [3.8, 4) is 0 Å². The van der Waals surface area contributed by atoms with Crippen molar-refractivity contribution in [1.29, 1.82) is 0 Å². The SMILES string of the molecule is CC(c1cnn(C)c1)N1CCN(CC(=O)O)CC1. The highest BCUT2D eigenvalue weighted by atomic mass is 16.4. The molecule has 2 heterocycles. The summed E-state index contributed by atoms with van der Waals surface area (Å²) in [5, 5.41) is 12.9. The molecule has 6 heteroatoms. The van der Waals surface area contributed by atoms with Gasteiger partial charge < -0.3 is 5.11 Å². The van der Waals surface area contributed by atoms with Gasteiger partial charge in [-0.2, -0.15) is 5.10 Å². The van der Waals surface area contributed by atoms with Gasteiger partial charge in [-0.25, -0.2) is 0 Å². The van der Waals surface area contributed by atoms with Crippen molar-refractivity contribution >= 4 is 5.97 Å². The Morgan fingerprint density at radius 1 is 1.44 bits per heavy atom. The fraction of sp³-hybridized carbons (Fsp3) is 0.667. The van der Waals surface area contributed by atoms with Crippen LogP contribution in [0.25, 0.3) is 0 Å². The first-order valence-corrected chi connectivity index (χ1v) is 6.23. The minimum atomic E-state index is -0.747. The number of aliphatic carboxylic acids is 1. The lowest BCUT2D eigenvalue weighted by Gasteiger charge is -2.37. The van der Waals surface area contributed by atoms with Gasteiger partial charge in [0.25, 0.3) is 0 Å². The van der Waals surface area contributed by atoms with Gasteiger partial charge in [0.15, 0.2) is 0 Å². The van der Waals surface area contributed by atoms with Crippen LogP contribution in [0.15, 0.2) is 12.4 Å². The molecule has 100 valence electrons. The number of piperazine rings is 1. The molecule has 2 rings (SSSR count). The Morgan fingerprint density at radius 3 is 2.61 bits per heavy atom. The minimum absolute atomic E-state index is 0.148. The number of carbonyl (C=O) groups is 1. The number of hydrogen-bond donors (Lipinski definition) is 1. The number of hydrogen-bond acceptors (Lipinski definition) is 4. The Labute approximate surface area is 107 Å². The van der Waals surface area contributed by atoms with E-state index in [1.165, 1.54) is 5.56 Å². The van der Waals surface area contributed by atoms with Crippen molar-refractivity contribution in [3.05, 3.63) is 18.0 Å². The Bertz CT molecular complexity index is 410. The van der Waals surface area contributed by atoms with Crippen LogP contribution in [-0.2, 0) is 11.8 Å². The summed E-state index contributed by atoms with van der Waals surface area (Å²) >= 11 is 0. The average molecular weight is 252 g/mol. The molecule has 1 unspecified atom stereocenters. The summed E-state index contributed by atoms with van der Waals surface area (Å²) in [5.74, 6) is -0.747. The quantitative estimate of drug-likeness (QED) is 0.828. The first-order chi connectivity index (χ1) is 8.56. The lowest BCUT2D eigenvalue weighted by atomic mass is 10.1. The van der Waals surface area contributed by atoms with E-state index in [9.17, 15) is 4.79 Å². The number of aryl methyl sites for hydroxylation is 1. The van der Waals surface area contributed by atoms with Crippen LogP contribution in [0.2, 0.25) is 0 Å². The van der Waals surface area contributed by atoms with E-state index in [0.29, 0.717) is 6.04 Å². The summed E-state index contributed by atoms with van der Waals surface area (Å²) in [7, 11) is 1.92. The summed E-state index contributed by atoms with van der Waals surface area (Å²) in [6.07, 6.45) is 3.93. The molecule has 0 amide bonds. The molecular formula is C12H20N4O2. The van der Waals surface area contributed by atoms with E-state index in [4.69, 9.17) is 5.11 Å². The molecule has 1 N–H and O–H groups in total. The maximum absolute atomic E-state index is 10.6. The molecular weight excluding hydrogens is 232 g/mol. The normalized spacial score (nSPS) is 19.9. The summed E-state index contributed by atoms with van der Waals surface area (Å²) in [6.45, 7) is 5.76. The molecule has 1 fully saturated rings. The van der Waals surface area contributed by atoms with E-state index in [0.717, 1.165) is 26.2 Å². The van der Waals surface area contributed by atoms with Gasteiger partial charge in [0.05, 0.1) is 12.7 Å². The molecule has 0 radical (unpaired) electrons. The molecule has 6 nitrogen and oxygen atoms in total. The van der Waals surface area contributed by atoms with Crippen LogP contribution in [0.4, 0.5) is 0 Å². The summed E-state index contributed by atoms with van der Waals surface area (Å²) in [6, 6.07) is 0.339. The molecule has 1 saturated heterocycles. The Morgan fingerprint density at radius 2 is 2.11 bits per heavy atom. The summed E-state index contributed by atoms with van der Waals surface area (Å²) in [5.41, 5.74) is 1.21. The monoisotopic (exact) mass is 252 g/mol. The predicted octanol–water partition coefficient (Wildman–Crippen LogP) is 0.183. The van der Waals surface area contributed by atoms with E-state index in [1.54, 1.807) is 0 Å². The third-order valence-corrected chi connectivity index (χ3v) is 3.52. The number of rotatable bonds is 4. The predicted molar refractivity (Wildman–Crippen MR) is 67.3 cm³/mol. The van der Waals surface area contributed by atoms with Gasteiger partial charge in [0, 0.05) is 51.0 Å². The second-order valence-corrected chi connectivity index (χ2v) is 4.83. The zero-order valence-electron chi connectivity index (χ0n) is 10.9. The average Bonchev–Trinajstić information content (AvgIpc) is 2.75. The van der Waals surface area contributed by atoms with Crippen LogP contribution < -0.4 is 0 Å².